The van der Waals surface area contributed by atoms with Gasteiger partial charge >= 0.3 is 0 Å². The Bertz CT molecular complexity index is 301. The number of rotatable bonds is 9. The molecule has 0 aliphatic heterocycles. The Morgan fingerprint density at radius 2 is 1.94 bits per heavy atom. The van der Waals surface area contributed by atoms with Crippen LogP contribution in [0.3, 0.4) is 0 Å². The Morgan fingerprint density at radius 1 is 1.22 bits per heavy atom. The SMILES string of the molecule is CCCNCC(OCCN(C)C)c1ccccc1. The molecule has 0 heterocycles. The van der Waals surface area contributed by atoms with Gasteiger partial charge in [-0.15, -0.1) is 0 Å². The smallest absolute Gasteiger partial charge is 0.0949 e. The van der Waals surface area contributed by atoms with Gasteiger partial charge in [0.1, 0.15) is 0 Å². The van der Waals surface area contributed by atoms with Crippen molar-refractivity contribution in [3.05, 3.63) is 35.9 Å². The maximum absolute atomic E-state index is 5.98. The van der Waals surface area contributed by atoms with Crippen LogP contribution in [0.5, 0.6) is 0 Å². The number of benzene rings is 1. The minimum atomic E-state index is 0.151. The molecule has 1 N–H and O–H groups in total. The molecule has 1 unspecified atom stereocenters. The van der Waals surface area contributed by atoms with Crippen LogP contribution in [-0.2, 0) is 4.74 Å². The van der Waals surface area contributed by atoms with Crippen LogP contribution in [0.1, 0.15) is 25.0 Å². The Morgan fingerprint density at radius 3 is 2.56 bits per heavy atom. The minimum Gasteiger partial charge on any atom is -0.371 e. The van der Waals surface area contributed by atoms with Gasteiger partial charge in [0.15, 0.2) is 0 Å². The number of hydrogen-bond acceptors (Lipinski definition) is 3. The average molecular weight is 250 g/mol. The van der Waals surface area contributed by atoms with E-state index < -0.39 is 0 Å². The fourth-order valence-corrected chi connectivity index (χ4v) is 1.73. The predicted octanol–water partition coefficient (Wildman–Crippen LogP) is 2.31. The quantitative estimate of drug-likeness (QED) is 0.681. The lowest BCUT2D eigenvalue weighted by molar-refractivity contribution is 0.0436. The first-order valence-electron chi connectivity index (χ1n) is 6.76. The summed E-state index contributed by atoms with van der Waals surface area (Å²) < 4.78 is 5.98. The van der Waals surface area contributed by atoms with E-state index in [-0.39, 0.29) is 6.10 Å². The van der Waals surface area contributed by atoms with E-state index in [1.807, 2.05) is 6.07 Å². The molecular weight excluding hydrogens is 224 g/mol. The predicted molar refractivity (Wildman–Crippen MR) is 76.8 cm³/mol. The van der Waals surface area contributed by atoms with Crippen LogP contribution in [-0.4, -0.2) is 45.2 Å². The van der Waals surface area contributed by atoms with Gasteiger partial charge in [0.2, 0.25) is 0 Å². The second-order valence-corrected chi connectivity index (χ2v) is 4.78. The summed E-state index contributed by atoms with van der Waals surface area (Å²) in [5.74, 6) is 0. The van der Waals surface area contributed by atoms with Gasteiger partial charge in [0.25, 0.3) is 0 Å². The Hall–Kier alpha value is -0.900. The number of nitrogens with zero attached hydrogens (tertiary/aromatic N) is 1. The maximum atomic E-state index is 5.98. The maximum Gasteiger partial charge on any atom is 0.0949 e. The molecule has 0 aliphatic rings. The van der Waals surface area contributed by atoms with Gasteiger partial charge in [-0.05, 0) is 32.6 Å². The number of likely N-dealkylation sites (N-methyl/N-ethyl adjacent to an activating group) is 1. The van der Waals surface area contributed by atoms with Crippen molar-refractivity contribution in [3.8, 4) is 0 Å². The zero-order valence-corrected chi connectivity index (χ0v) is 11.9. The third-order valence-corrected chi connectivity index (χ3v) is 2.79. The fraction of sp³-hybridized carbons (Fsp3) is 0.600. The second kappa shape index (κ2) is 9.09. The molecule has 0 aromatic heterocycles. The molecule has 3 heteroatoms. The number of nitrogens with one attached hydrogen (secondary N) is 1. The van der Waals surface area contributed by atoms with Gasteiger partial charge in [-0.25, -0.2) is 0 Å². The molecule has 0 saturated heterocycles. The largest absolute Gasteiger partial charge is 0.371 e. The van der Waals surface area contributed by atoms with Crippen LogP contribution in [0.4, 0.5) is 0 Å². The second-order valence-electron chi connectivity index (χ2n) is 4.78. The molecule has 0 fully saturated rings. The Kier molecular flexibility index (Phi) is 7.65. The molecule has 0 radical (unpaired) electrons. The lowest BCUT2D eigenvalue weighted by Crippen LogP contribution is -2.26. The lowest BCUT2D eigenvalue weighted by atomic mass is 10.1. The molecule has 0 aliphatic carbocycles. The topological polar surface area (TPSA) is 24.5 Å². The van der Waals surface area contributed by atoms with Gasteiger partial charge in [0, 0.05) is 13.1 Å². The zero-order valence-electron chi connectivity index (χ0n) is 11.9. The average Bonchev–Trinajstić information content (AvgIpc) is 2.38. The summed E-state index contributed by atoms with van der Waals surface area (Å²) in [6, 6.07) is 10.4. The molecule has 0 saturated carbocycles. The highest BCUT2D eigenvalue weighted by molar-refractivity contribution is 5.17. The van der Waals surface area contributed by atoms with Crippen molar-refractivity contribution in [2.45, 2.75) is 19.4 Å². The van der Waals surface area contributed by atoms with E-state index in [0.717, 1.165) is 32.7 Å². The van der Waals surface area contributed by atoms with E-state index >= 15 is 0 Å². The van der Waals surface area contributed by atoms with Crippen molar-refractivity contribution in [1.82, 2.24) is 10.2 Å². The third kappa shape index (κ3) is 6.15. The Labute approximate surface area is 111 Å². The van der Waals surface area contributed by atoms with E-state index in [9.17, 15) is 0 Å². The Balaban J connectivity index is 2.47. The molecular formula is C15H26N2O. The van der Waals surface area contributed by atoms with E-state index in [1.54, 1.807) is 0 Å². The monoisotopic (exact) mass is 250 g/mol. The first-order valence-corrected chi connectivity index (χ1v) is 6.76. The van der Waals surface area contributed by atoms with Crippen LogP contribution in [0.25, 0.3) is 0 Å². The van der Waals surface area contributed by atoms with Crippen LogP contribution in [0.2, 0.25) is 0 Å². The third-order valence-electron chi connectivity index (χ3n) is 2.79. The summed E-state index contributed by atoms with van der Waals surface area (Å²) >= 11 is 0. The van der Waals surface area contributed by atoms with Crippen LogP contribution in [0.15, 0.2) is 30.3 Å². The van der Waals surface area contributed by atoms with E-state index in [4.69, 9.17) is 4.74 Å². The summed E-state index contributed by atoms with van der Waals surface area (Å²) in [7, 11) is 4.13. The normalized spacial score (nSPS) is 12.9. The van der Waals surface area contributed by atoms with E-state index in [1.165, 1.54) is 5.56 Å². The molecule has 1 aromatic carbocycles. The molecule has 1 rings (SSSR count). The van der Waals surface area contributed by atoms with Crippen molar-refractivity contribution in [2.75, 3.05) is 40.3 Å². The standard InChI is InChI=1S/C15H26N2O/c1-4-10-16-13-15(18-12-11-17(2)3)14-8-6-5-7-9-14/h5-9,15-16H,4,10-13H2,1-3H3. The van der Waals surface area contributed by atoms with Crippen LogP contribution >= 0.6 is 0 Å². The summed E-state index contributed by atoms with van der Waals surface area (Å²) in [5.41, 5.74) is 1.25. The molecule has 102 valence electrons. The molecule has 1 aromatic rings. The molecule has 0 bridgehead atoms. The van der Waals surface area contributed by atoms with Crippen molar-refractivity contribution in [1.29, 1.82) is 0 Å². The van der Waals surface area contributed by atoms with Gasteiger partial charge in [-0.3, -0.25) is 0 Å². The highest BCUT2D eigenvalue weighted by Crippen LogP contribution is 2.16. The van der Waals surface area contributed by atoms with E-state index in [0.29, 0.717) is 0 Å². The molecule has 0 spiro atoms. The van der Waals surface area contributed by atoms with Crippen LogP contribution in [0, 0.1) is 0 Å². The minimum absolute atomic E-state index is 0.151. The van der Waals surface area contributed by atoms with Gasteiger partial charge in [0.05, 0.1) is 12.7 Å². The van der Waals surface area contributed by atoms with Crippen LogP contribution < -0.4 is 5.32 Å². The highest BCUT2D eigenvalue weighted by atomic mass is 16.5. The van der Waals surface area contributed by atoms with Gasteiger partial charge in [-0.1, -0.05) is 37.3 Å². The number of ether oxygens (including phenoxy) is 1. The fourth-order valence-electron chi connectivity index (χ4n) is 1.73. The lowest BCUT2D eigenvalue weighted by Gasteiger charge is -2.20. The summed E-state index contributed by atoms with van der Waals surface area (Å²) in [6.07, 6.45) is 1.30. The van der Waals surface area contributed by atoms with Gasteiger partial charge in [-0.2, -0.15) is 0 Å². The first kappa shape index (κ1) is 15.2. The van der Waals surface area contributed by atoms with Crippen molar-refractivity contribution < 1.29 is 4.74 Å². The summed E-state index contributed by atoms with van der Waals surface area (Å²) in [4.78, 5) is 2.14. The van der Waals surface area contributed by atoms with Gasteiger partial charge < -0.3 is 15.0 Å². The molecule has 3 nitrogen and oxygen atoms in total. The van der Waals surface area contributed by atoms with Crippen molar-refractivity contribution in [2.24, 2.45) is 0 Å². The summed E-state index contributed by atoms with van der Waals surface area (Å²) in [6.45, 7) is 5.82. The van der Waals surface area contributed by atoms with E-state index in [2.05, 4.69) is 55.5 Å². The first-order chi connectivity index (χ1) is 8.74. The number of hydrogen-bond donors (Lipinski definition) is 1. The molecule has 1 atom stereocenters. The zero-order chi connectivity index (χ0) is 13.2. The summed E-state index contributed by atoms with van der Waals surface area (Å²) in [5, 5.41) is 3.43. The molecule has 0 amide bonds. The molecule has 18 heavy (non-hydrogen) atoms. The van der Waals surface area contributed by atoms with Crippen molar-refractivity contribution in [3.63, 3.8) is 0 Å². The highest BCUT2D eigenvalue weighted by Gasteiger charge is 2.10. The van der Waals surface area contributed by atoms with Crippen molar-refractivity contribution >= 4 is 0 Å².